The fraction of sp³-hybridized carbons (Fsp3) is 0.120. The maximum Gasteiger partial charge on any atom is 0.241 e. The molecule has 2 aromatic heterocycles. The van der Waals surface area contributed by atoms with Gasteiger partial charge < -0.3 is 11.1 Å². The van der Waals surface area contributed by atoms with Crippen LogP contribution >= 0.6 is 11.3 Å². The van der Waals surface area contributed by atoms with Crippen LogP contribution < -0.4 is 11.1 Å². The molecular weight excluding hydrogens is 404 g/mol. The first-order valence-electron chi connectivity index (χ1n) is 10.2. The van der Waals surface area contributed by atoms with E-state index in [1.54, 1.807) is 11.3 Å². The van der Waals surface area contributed by atoms with Crippen LogP contribution in [0.4, 0.5) is 5.69 Å². The van der Waals surface area contributed by atoms with Crippen molar-refractivity contribution >= 4 is 38.1 Å². The molecular formula is C25H22N4OS. The minimum atomic E-state index is -0.601. The zero-order valence-corrected chi connectivity index (χ0v) is 17.9. The van der Waals surface area contributed by atoms with Gasteiger partial charge in [0.1, 0.15) is 0 Å². The Labute approximate surface area is 184 Å². The number of carbonyl (C=O) groups excluding carboxylic acids is 1. The number of amides is 1. The van der Waals surface area contributed by atoms with Crippen molar-refractivity contribution < 1.29 is 4.79 Å². The largest absolute Gasteiger partial charge is 0.325 e. The minimum absolute atomic E-state index is 0.192. The summed E-state index contributed by atoms with van der Waals surface area (Å²) in [6.45, 7) is 2.04. The Hall–Kier alpha value is -3.48. The number of fused-ring (bicyclic) bond motifs is 3. The lowest BCUT2D eigenvalue weighted by atomic mass is 10.0. The summed E-state index contributed by atoms with van der Waals surface area (Å²) in [4.78, 5) is 18.2. The molecule has 0 saturated heterocycles. The van der Waals surface area contributed by atoms with Gasteiger partial charge in [0.15, 0.2) is 4.96 Å². The van der Waals surface area contributed by atoms with Gasteiger partial charge in [0.05, 0.1) is 22.0 Å². The number of carbonyl (C=O) groups is 1. The quantitative estimate of drug-likeness (QED) is 0.414. The summed E-state index contributed by atoms with van der Waals surface area (Å²) >= 11 is 1.67. The van der Waals surface area contributed by atoms with Crippen LogP contribution in [0.15, 0.2) is 79.0 Å². The molecule has 0 fully saturated rings. The van der Waals surface area contributed by atoms with Crippen molar-refractivity contribution in [3.8, 4) is 11.3 Å². The molecule has 5 rings (SSSR count). The number of imidazole rings is 1. The highest BCUT2D eigenvalue weighted by Gasteiger charge is 2.15. The molecule has 0 radical (unpaired) electrons. The van der Waals surface area contributed by atoms with Gasteiger partial charge in [-0.2, -0.15) is 0 Å². The van der Waals surface area contributed by atoms with Crippen LogP contribution in [0.3, 0.4) is 0 Å². The van der Waals surface area contributed by atoms with E-state index >= 15 is 0 Å². The van der Waals surface area contributed by atoms with E-state index in [0.717, 1.165) is 33.0 Å². The molecule has 0 aliphatic carbocycles. The third kappa shape index (κ3) is 3.95. The van der Waals surface area contributed by atoms with Gasteiger partial charge in [-0.25, -0.2) is 4.98 Å². The smallest absolute Gasteiger partial charge is 0.241 e. The van der Waals surface area contributed by atoms with E-state index in [0.29, 0.717) is 6.42 Å². The van der Waals surface area contributed by atoms with Gasteiger partial charge >= 0.3 is 0 Å². The van der Waals surface area contributed by atoms with E-state index in [-0.39, 0.29) is 5.91 Å². The summed E-state index contributed by atoms with van der Waals surface area (Å²) < 4.78 is 3.34. The van der Waals surface area contributed by atoms with E-state index in [9.17, 15) is 4.79 Å². The van der Waals surface area contributed by atoms with Crippen molar-refractivity contribution in [3.05, 3.63) is 90.1 Å². The number of hydrogen-bond acceptors (Lipinski definition) is 4. The Bertz CT molecular complexity index is 1370. The van der Waals surface area contributed by atoms with E-state index in [4.69, 9.17) is 10.7 Å². The van der Waals surface area contributed by atoms with Crippen LogP contribution in [-0.4, -0.2) is 21.3 Å². The highest BCUT2D eigenvalue weighted by molar-refractivity contribution is 7.23. The summed E-state index contributed by atoms with van der Waals surface area (Å²) in [5, 5.41) is 2.91. The molecule has 0 bridgehead atoms. The Morgan fingerprint density at radius 2 is 1.81 bits per heavy atom. The summed E-state index contributed by atoms with van der Waals surface area (Å²) in [7, 11) is 0. The normalized spacial score (nSPS) is 12.3. The number of nitrogens with one attached hydrogen (secondary N) is 1. The number of nitrogens with two attached hydrogens (primary N) is 1. The number of anilines is 1. The zero-order valence-electron chi connectivity index (χ0n) is 17.1. The van der Waals surface area contributed by atoms with Gasteiger partial charge in [0.25, 0.3) is 0 Å². The topological polar surface area (TPSA) is 72.4 Å². The Kier molecular flexibility index (Phi) is 5.02. The number of aromatic nitrogens is 2. The first-order chi connectivity index (χ1) is 15.1. The number of hydrogen-bond donors (Lipinski definition) is 2. The van der Waals surface area contributed by atoms with Gasteiger partial charge in [-0.15, -0.1) is 0 Å². The van der Waals surface area contributed by atoms with Gasteiger partial charge in [0, 0.05) is 17.4 Å². The number of para-hydroxylation sites is 1. The van der Waals surface area contributed by atoms with Gasteiger partial charge in [-0.3, -0.25) is 9.20 Å². The SMILES string of the molecule is Cc1ccc(CC(N)C(=O)Nc2ccc(-c3cn4c(n3)sc3ccccc34)cc2)cc1. The van der Waals surface area contributed by atoms with E-state index in [2.05, 4.69) is 28.0 Å². The maximum absolute atomic E-state index is 12.5. The molecule has 3 aromatic carbocycles. The standard InChI is InChI=1S/C25H22N4OS/c1-16-6-8-17(9-7-16)14-20(26)24(30)27-19-12-10-18(11-13-19)21-15-29-22-4-2-3-5-23(22)31-25(29)28-21/h2-13,15,20H,14,26H2,1H3,(H,27,30). The Morgan fingerprint density at radius 3 is 2.58 bits per heavy atom. The van der Waals surface area contributed by atoms with Crippen LogP contribution in [-0.2, 0) is 11.2 Å². The lowest BCUT2D eigenvalue weighted by Gasteiger charge is -2.13. The van der Waals surface area contributed by atoms with Gasteiger partial charge in [-0.05, 0) is 43.2 Å². The molecule has 1 unspecified atom stereocenters. The predicted octanol–water partition coefficient (Wildman–Crippen LogP) is 5.03. The zero-order chi connectivity index (χ0) is 21.4. The lowest BCUT2D eigenvalue weighted by Crippen LogP contribution is -2.37. The molecule has 0 aliphatic rings. The molecule has 6 heteroatoms. The van der Waals surface area contributed by atoms with Gasteiger partial charge in [-0.1, -0.05) is 65.4 Å². The van der Waals surface area contributed by atoms with Gasteiger partial charge in [0.2, 0.25) is 5.91 Å². The van der Waals surface area contributed by atoms with Crippen molar-refractivity contribution in [2.45, 2.75) is 19.4 Å². The fourth-order valence-corrected chi connectivity index (χ4v) is 4.63. The Morgan fingerprint density at radius 1 is 1.06 bits per heavy atom. The van der Waals surface area contributed by atoms with Crippen molar-refractivity contribution in [2.75, 3.05) is 5.32 Å². The molecule has 0 saturated carbocycles. The average molecular weight is 427 g/mol. The van der Waals surface area contributed by atoms with E-state index in [1.165, 1.54) is 10.3 Å². The third-order valence-electron chi connectivity index (χ3n) is 5.36. The predicted molar refractivity (Wildman–Crippen MR) is 127 cm³/mol. The molecule has 3 N–H and O–H groups in total. The molecule has 31 heavy (non-hydrogen) atoms. The van der Waals surface area contributed by atoms with Crippen LogP contribution in [0.5, 0.6) is 0 Å². The molecule has 1 atom stereocenters. The summed E-state index contributed by atoms with van der Waals surface area (Å²) in [5.41, 5.74) is 12.1. The first kappa shape index (κ1) is 19.5. The molecule has 5 nitrogen and oxygen atoms in total. The highest BCUT2D eigenvalue weighted by atomic mass is 32.1. The monoisotopic (exact) mass is 426 g/mol. The van der Waals surface area contributed by atoms with Crippen molar-refractivity contribution in [3.63, 3.8) is 0 Å². The maximum atomic E-state index is 12.5. The third-order valence-corrected chi connectivity index (χ3v) is 6.40. The van der Waals surface area contributed by atoms with Crippen LogP contribution in [0.25, 0.3) is 26.4 Å². The number of thiazole rings is 1. The number of benzene rings is 3. The first-order valence-corrected chi connectivity index (χ1v) is 11.0. The molecule has 0 aliphatic heterocycles. The molecule has 1 amide bonds. The number of aryl methyl sites for hydroxylation is 1. The van der Waals surface area contributed by atoms with Crippen LogP contribution in [0.1, 0.15) is 11.1 Å². The van der Waals surface area contributed by atoms with E-state index in [1.807, 2.05) is 67.6 Å². The van der Waals surface area contributed by atoms with Crippen LogP contribution in [0, 0.1) is 6.92 Å². The summed E-state index contributed by atoms with van der Waals surface area (Å²) in [5.74, 6) is -0.192. The van der Waals surface area contributed by atoms with Crippen molar-refractivity contribution in [1.82, 2.24) is 9.38 Å². The van der Waals surface area contributed by atoms with Crippen molar-refractivity contribution in [1.29, 1.82) is 0 Å². The molecule has 5 aromatic rings. The Balaban J connectivity index is 1.28. The molecule has 154 valence electrons. The second kappa shape index (κ2) is 7.98. The average Bonchev–Trinajstić information content (AvgIpc) is 3.34. The van der Waals surface area contributed by atoms with Crippen molar-refractivity contribution in [2.24, 2.45) is 5.73 Å². The number of rotatable bonds is 5. The van der Waals surface area contributed by atoms with Crippen LogP contribution in [0.2, 0.25) is 0 Å². The summed E-state index contributed by atoms with van der Waals surface area (Å²) in [6, 6.07) is 23.5. The highest BCUT2D eigenvalue weighted by Crippen LogP contribution is 2.29. The minimum Gasteiger partial charge on any atom is -0.325 e. The number of nitrogens with zero attached hydrogens (tertiary/aromatic N) is 2. The second-order valence-corrected chi connectivity index (χ2v) is 8.72. The lowest BCUT2D eigenvalue weighted by molar-refractivity contribution is -0.117. The molecule has 0 spiro atoms. The summed E-state index contributed by atoms with van der Waals surface area (Å²) in [6.07, 6.45) is 2.56. The molecule has 2 heterocycles. The van der Waals surface area contributed by atoms with E-state index < -0.39 is 6.04 Å². The second-order valence-electron chi connectivity index (χ2n) is 7.71. The fourth-order valence-electron chi connectivity index (χ4n) is 3.62.